The first-order valence-corrected chi connectivity index (χ1v) is 12.2. The first-order chi connectivity index (χ1) is 17.0. The molecule has 2 amide bonds. The summed E-state index contributed by atoms with van der Waals surface area (Å²) in [5, 5.41) is 9.28. The van der Waals surface area contributed by atoms with Crippen molar-refractivity contribution in [3.63, 3.8) is 0 Å². The summed E-state index contributed by atoms with van der Waals surface area (Å²) < 4.78 is 23.0. The molecule has 1 atom stereocenters. The van der Waals surface area contributed by atoms with E-state index >= 15 is 0 Å². The van der Waals surface area contributed by atoms with Crippen LogP contribution < -0.4 is 14.8 Å². The van der Waals surface area contributed by atoms with E-state index in [-0.39, 0.29) is 23.8 Å². The van der Waals surface area contributed by atoms with Crippen molar-refractivity contribution < 1.29 is 23.5 Å². The molecular weight excluding hydrogens is 449 g/mol. The normalized spacial score (nSPS) is 18.4. The maximum Gasteiger partial charge on any atom is 0.251 e. The van der Waals surface area contributed by atoms with Crippen LogP contribution in [0, 0.1) is 5.92 Å². The fourth-order valence-electron chi connectivity index (χ4n) is 4.71. The molecule has 1 fully saturated rings. The number of benzene rings is 2. The number of hydrazone groups is 1. The molecule has 0 bridgehead atoms. The van der Waals surface area contributed by atoms with Crippen LogP contribution in [-0.4, -0.2) is 42.5 Å². The van der Waals surface area contributed by atoms with E-state index in [2.05, 4.69) is 5.32 Å². The first kappa shape index (κ1) is 24.7. The van der Waals surface area contributed by atoms with Gasteiger partial charge in [0.2, 0.25) is 12.8 Å². The molecule has 1 saturated carbocycles. The number of alkyl halides is 1. The van der Waals surface area contributed by atoms with Crippen LogP contribution in [-0.2, 0) is 11.3 Å². The fraction of sp³-hybridized carbons (Fsp3) is 0.444. The van der Waals surface area contributed by atoms with Crippen molar-refractivity contribution >= 4 is 17.5 Å². The molecule has 7 nitrogen and oxygen atoms in total. The SMILES string of the molecule is CCC1CC(=O)N(Cc2ccc(C(=O)NC3CCCC3)cc2)N=C1c1ccc(OCF)c(OC)c1. The second-order valence-electron chi connectivity index (χ2n) is 9.02. The largest absolute Gasteiger partial charge is 0.493 e. The zero-order chi connectivity index (χ0) is 24.8. The van der Waals surface area contributed by atoms with Gasteiger partial charge < -0.3 is 14.8 Å². The Balaban J connectivity index is 1.51. The number of carbonyl (C=O) groups is 2. The van der Waals surface area contributed by atoms with Gasteiger partial charge in [0.15, 0.2) is 11.5 Å². The zero-order valence-corrected chi connectivity index (χ0v) is 20.3. The van der Waals surface area contributed by atoms with Crippen molar-refractivity contribution in [2.24, 2.45) is 11.0 Å². The molecule has 2 aromatic carbocycles. The van der Waals surface area contributed by atoms with Gasteiger partial charge in [-0.2, -0.15) is 5.10 Å². The average Bonchev–Trinajstić information content (AvgIpc) is 3.39. The van der Waals surface area contributed by atoms with Crippen molar-refractivity contribution in [3.8, 4) is 11.5 Å². The van der Waals surface area contributed by atoms with Crippen LogP contribution in [0.15, 0.2) is 47.6 Å². The Bertz CT molecular complexity index is 1080. The Kier molecular flexibility index (Phi) is 8.00. The molecule has 2 aliphatic rings. The van der Waals surface area contributed by atoms with Gasteiger partial charge in [-0.1, -0.05) is 31.9 Å². The van der Waals surface area contributed by atoms with Crippen molar-refractivity contribution in [2.45, 2.75) is 58.0 Å². The molecule has 0 spiro atoms. The van der Waals surface area contributed by atoms with Crippen LogP contribution in [0.25, 0.3) is 0 Å². The molecule has 186 valence electrons. The van der Waals surface area contributed by atoms with E-state index in [1.807, 2.05) is 19.1 Å². The van der Waals surface area contributed by atoms with Crippen LogP contribution in [0.4, 0.5) is 4.39 Å². The van der Waals surface area contributed by atoms with Gasteiger partial charge in [-0.05, 0) is 55.2 Å². The minimum Gasteiger partial charge on any atom is -0.493 e. The molecule has 0 aromatic heterocycles. The molecule has 4 rings (SSSR count). The standard InChI is InChI=1S/C27H32FN3O4/c1-3-19-15-25(32)31(30-26(19)21-12-13-23(35-17-28)24(14-21)34-2)16-18-8-10-20(11-9-18)27(33)29-22-6-4-5-7-22/h8-14,19,22H,3-7,15-17H2,1-2H3,(H,29,33). The minimum absolute atomic E-state index is 0.0296. The third-order valence-corrected chi connectivity index (χ3v) is 6.73. The Morgan fingerprint density at radius 1 is 1.14 bits per heavy atom. The van der Waals surface area contributed by atoms with E-state index in [9.17, 15) is 14.0 Å². The maximum absolute atomic E-state index is 12.8. The van der Waals surface area contributed by atoms with E-state index in [1.54, 1.807) is 30.3 Å². The molecule has 1 aliphatic heterocycles. The topological polar surface area (TPSA) is 80.2 Å². The van der Waals surface area contributed by atoms with E-state index in [0.717, 1.165) is 48.9 Å². The van der Waals surface area contributed by atoms with Gasteiger partial charge in [0.05, 0.1) is 19.4 Å². The summed E-state index contributed by atoms with van der Waals surface area (Å²) in [7, 11) is 1.50. The summed E-state index contributed by atoms with van der Waals surface area (Å²) in [5.74, 6) is 0.588. The lowest BCUT2D eigenvalue weighted by atomic mass is 9.89. The number of amides is 2. The smallest absolute Gasteiger partial charge is 0.251 e. The number of rotatable bonds is 9. The Morgan fingerprint density at radius 2 is 1.89 bits per heavy atom. The maximum atomic E-state index is 12.8. The molecule has 1 unspecified atom stereocenters. The Hall–Kier alpha value is -3.42. The highest BCUT2D eigenvalue weighted by molar-refractivity contribution is 6.06. The molecule has 1 N–H and O–H groups in total. The second kappa shape index (κ2) is 11.3. The summed E-state index contributed by atoms with van der Waals surface area (Å²) >= 11 is 0. The predicted octanol–water partition coefficient (Wildman–Crippen LogP) is 4.84. The van der Waals surface area contributed by atoms with Crippen molar-refractivity contribution in [1.82, 2.24) is 10.3 Å². The molecule has 0 saturated heterocycles. The van der Waals surface area contributed by atoms with E-state index in [0.29, 0.717) is 30.0 Å². The molecule has 35 heavy (non-hydrogen) atoms. The van der Waals surface area contributed by atoms with E-state index in [4.69, 9.17) is 14.6 Å². The number of carbonyl (C=O) groups excluding carboxylic acids is 2. The van der Waals surface area contributed by atoms with Gasteiger partial charge in [-0.25, -0.2) is 9.40 Å². The highest BCUT2D eigenvalue weighted by Gasteiger charge is 2.30. The summed E-state index contributed by atoms with van der Waals surface area (Å²) in [5.41, 5.74) is 3.09. The first-order valence-electron chi connectivity index (χ1n) is 12.2. The van der Waals surface area contributed by atoms with Gasteiger partial charge >= 0.3 is 0 Å². The zero-order valence-electron chi connectivity index (χ0n) is 20.3. The number of nitrogens with one attached hydrogen (secondary N) is 1. The van der Waals surface area contributed by atoms with Gasteiger partial charge in [-0.3, -0.25) is 9.59 Å². The third kappa shape index (κ3) is 5.81. The predicted molar refractivity (Wildman–Crippen MR) is 131 cm³/mol. The Morgan fingerprint density at radius 3 is 2.54 bits per heavy atom. The quantitative estimate of drug-likeness (QED) is 0.556. The molecular formula is C27H32FN3O4. The van der Waals surface area contributed by atoms with Crippen LogP contribution in [0.2, 0.25) is 0 Å². The lowest BCUT2D eigenvalue weighted by Crippen LogP contribution is -2.36. The summed E-state index contributed by atoms with van der Waals surface area (Å²) in [4.78, 5) is 25.3. The van der Waals surface area contributed by atoms with Crippen molar-refractivity contribution in [2.75, 3.05) is 14.0 Å². The average molecular weight is 482 g/mol. The number of hydrogen-bond donors (Lipinski definition) is 1. The minimum atomic E-state index is -0.947. The number of halogens is 1. The fourth-order valence-corrected chi connectivity index (χ4v) is 4.71. The lowest BCUT2D eigenvalue weighted by Gasteiger charge is -2.29. The monoisotopic (exact) mass is 481 g/mol. The molecule has 1 aliphatic carbocycles. The number of nitrogens with zero attached hydrogens (tertiary/aromatic N) is 2. The highest BCUT2D eigenvalue weighted by atomic mass is 19.1. The van der Waals surface area contributed by atoms with Gasteiger partial charge in [-0.15, -0.1) is 0 Å². The van der Waals surface area contributed by atoms with Gasteiger partial charge in [0, 0.05) is 29.5 Å². The number of ether oxygens (including phenoxy) is 2. The van der Waals surface area contributed by atoms with Crippen LogP contribution in [0.1, 0.15) is 66.9 Å². The van der Waals surface area contributed by atoms with Gasteiger partial charge in [0.25, 0.3) is 5.91 Å². The van der Waals surface area contributed by atoms with E-state index < -0.39 is 6.86 Å². The lowest BCUT2D eigenvalue weighted by molar-refractivity contribution is -0.133. The number of methoxy groups -OCH3 is 1. The van der Waals surface area contributed by atoms with Crippen LogP contribution >= 0.6 is 0 Å². The number of hydrogen-bond acceptors (Lipinski definition) is 5. The summed E-state index contributed by atoms with van der Waals surface area (Å²) in [6, 6.07) is 12.8. The third-order valence-electron chi connectivity index (χ3n) is 6.73. The Labute approximate surface area is 205 Å². The molecule has 8 heteroatoms. The molecule has 1 heterocycles. The van der Waals surface area contributed by atoms with Crippen LogP contribution in [0.3, 0.4) is 0 Å². The summed E-state index contributed by atoms with van der Waals surface area (Å²) in [6.07, 6.45) is 5.51. The van der Waals surface area contributed by atoms with Crippen molar-refractivity contribution in [3.05, 3.63) is 59.2 Å². The molecule has 0 radical (unpaired) electrons. The second-order valence-corrected chi connectivity index (χ2v) is 9.02. The summed E-state index contributed by atoms with van der Waals surface area (Å²) in [6.45, 7) is 1.39. The molecule has 2 aromatic rings. The highest BCUT2D eigenvalue weighted by Crippen LogP contribution is 2.32. The van der Waals surface area contributed by atoms with Crippen LogP contribution in [0.5, 0.6) is 11.5 Å². The van der Waals surface area contributed by atoms with Gasteiger partial charge in [0.1, 0.15) is 0 Å². The van der Waals surface area contributed by atoms with Crippen molar-refractivity contribution in [1.29, 1.82) is 0 Å². The van der Waals surface area contributed by atoms with E-state index in [1.165, 1.54) is 12.1 Å².